The van der Waals surface area contributed by atoms with Crippen LogP contribution in [0.2, 0.25) is 0 Å². The van der Waals surface area contributed by atoms with Gasteiger partial charge in [0.15, 0.2) is 17.8 Å². The first-order valence-corrected chi connectivity index (χ1v) is 4.29. The molecule has 0 unspecified atom stereocenters. The van der Waals surface area contributed by atoms with Crippen LogP contribution in [0.1, 0.15) is 10.4 Å². The Balaban J connectivity index is 2.73. The molecular weight excluding hydrogens is 218 g/mol. The molecule has 0 atom stereocenters. The zero-order valence-electron chi connectivity index (χ0n) is 8.26. The monoisotopic (exact) mass is 225 g/mol. The SMILES string of the molecule is COc1c(C=O)c([N+](=O)[O-])cc2c1OCO2. The summed E-state index contributed by atoms with van der Waals surface area (Å²) < 4.78 is 15.0. The van der Waals surface area contributed by atoms with Gasteiger partial charge in [0, 0.05) is 0 Å². The first-order valence-electron chi connectivity index (χ1n) is 4.29. The normalized spacial score (nSPS) is 12.3. The van der Waals surface area contributed by atoms with Gasteiger partial charge in [-0.2, -0.15) is 0 Å². The van der Waals surface area contributed by atoms with Gasteiger partial charge in [0.1, 0.15) is 5.56 Å². The van der Waals surface area contributed by atoms with Crippen LogP contribution in [-0.2, 0) is 0 Å². The van der Waals surface area contributed by atoms with E-state index in [1.807, 2.05) is 0 Å². The molecule has 0 bridgehead atoms. The van der Waals surface area contributed by atoms with Crippen molar-refractivity contribution in [1.82, 2.24) is 0 Å². The van der Waals surface area contributed by atoms with E-state index in [4.69, 9.17) is 14.2 Å². The van der Waals surface area contributed by atoms with Crippen LogP contribution in [0.4, 0.5) is 5.69 Å². The summed E-state index contributed by atoms with van der Waals surface area (Å²) in [5, 5.41) is 10.7. The van der Waals surface area contributed by atoms with Crippen molar-refractivity contribution in [1.29, 1.82) is 0 Å². The number of benzene rings is 1. The number of hydrogen-bond acceptors (Lipinski definition) is 6. The van der Waals surface area contributed by atoms with Gasteiger partial charge in [-0.3, -0.25) is 14.9 Å². The van der Waals surface area contributed by atoms with Gasteiger partial charge in [-0.05, 0) is 0 Å². The zero-order valence-corrected chi connectivity index (χ0v) is 8.26. The van der Waals surface area contributed by atoms with E-state index in [0.717, 1.165) is 6.07 Å². The predicted molar refractivity (Wildman–Crippen MR) is 51.2 cm³/mol. The van der Waals surface area contributed by atoms with Crippen molar-refractivity contribution in [3.63, 3.8) is 0 Å². The molecule has 7 heteroatoms. The third-order valence-corrected chi connectivity index (χ3v) is 2.15. The number of aldehydes is 1. The maximum atomic E-state index is 10.8. The second-order valence-corrected chi connectivity index (χ2v) is 2.95. The number of nitro benzene ring substituents is 1. The number of nitro groups is 1. The van der Waals surface area contributed by atoms with Crippen molar-refractivity contribution >= 4 is 12.0 Å². The molecule has 2 rings (SSSR count). The molecule has 0 saturated carbocycles. The lowest BCUT2D eigenvalue weighted by molar-refractivity contribution is -0.385. The number of rotatable bonds is 3. The van der Waals surface area contributed by atoms with Crippen molar-refractivity contribution < 1.29 is 23.9 Å². The van der Waals surface area contributed by atoms with E-state index in [1.54, 1.807) is 0 Å². The number of carbonyl (C=O) groups excluding carboxylic acids is 1. The van der Waals surface area contributed by atoms with Gasteiger partial charge in [-0.15, -0.1) is 0 Å². The highest BCUT2D eigenvalue weighted by Crippen LogP contribution is 2.46. The fourth-order valence-electron chi connectivity index (χ4n) is 1.48. The molecule has 0 aromatic heterocycles. The van der Waals surface area contributed by atoms with Gasteiger partial charge < -0.3 is 14.2 Å². The van der Waals surface area contributed by atoms with Crippen molar-refractivity contribution in [3.05, 3.63) is 21.7 Å². The molecule has 0 spiro atoms. The fourth-order valence-corrected chi connectivity index (χ4v) is 1.48. The quantitative estimate of drug-likeness (QED) is 0.435. The summed E-state index contributed by atoms with van der Waals surface area (Å²) in [6.07, 6.45) is 0.360. The van der Waals surface area contributed by atoms with E-state index in [2.05, 4.69) is 0 Å². The molecule has 1 aliphatic rings. The number of fused-ring (bicyclic) bond motifs is 1. The van der Waals surface area contributed by atoms with Crippen LogP contribution in [0.15, 0.2) is 6.07 Å². The molecule has 0 fully saturated rings. The summed E-state index contributed by atoms with van der Waals surface area (Å²) in [5.41, 5.74) is -0.521. The first kappa shape index (κ1) is 10.2. The summed E-state index contributed by atoms with van der Waals surface area (Å²) in [7, 11) is 1.30. The smallest absolute Gasteiger partial charge is 0.287 e. The number of methoxy groups -OCH3 is 1. The Morgan fingerprint density at radius 3 is 2.88 bits per heavy atom. The molecule has 7 nitrogen and oxygen atoms in total. The molecule has 1 aromatic carbocycles. The second kappa shape index (κ2) is 3.69. The van der Waals surface area contributed by atoms with E-state index in [-0.39, 0.29) is 35.3 Å². The summed E-state index contributed by atoms with van der Waals surface area (Å²) >= 11 is 0. The summed E-state index contributed by atoms with van der Waals surface area (Å²) in [5.74, 6) is 0.445. The van der Waals surface area contributed by atoms with Crippen LogP contribution in [0, 0.1) is 10.1 Å². The highest BCUT2D eigenvalue weighted by molar-refractivity contribution is 5.89. The van der Waals surface area contributed by atoms with Crippen LogP contribution < -0.4 is 14.2 Å². The van der Waals surface area contributed by atoms with Crippen molar-refractivity contribution in [3.8, 4) is 17.2 Å². The molecule has 0 amide bonds. The number of nitrogens with zero attached hydrogens (tertiary/aromatic N) is 1. The van der Waals surface area contributed by atoms with Crippen LogP contribution in [0.25, 0.3) is 0 Å². The first-order chi connectivity index (χ1) is 7.69. The molecular formula is C9H7NO6. The topological polar surface area (TPSA) is 87.9 Å². The Morgan fingerprint density at radius 1 is 1.56 bits per heavy atom. The Kier molecular flexibility index (Phi) is 2.35. The Morgan fingerprint density at radius 2 is 2.31 bits per heavy atom. The molecule has 0 radical (unpaired) electrons. The zero-order chi connectivity index (χ0) is 11.7. The van der Waals surface area contributed by atoms with Gasteiger partial charge in [0.05, 0.1) is 18.1 Å². The average Bonchev–Trinajstić information content (AvgIpc) is 2.73. The number of carbonyl (C=O) groups is 1. The molecule has 1 heterocycles. The minimum absolute atomic E-state index is 0.0247. The minimum Gasteiger partial charge on any atom is -0.492 e. The number of hydrogen-bond donors (Lipinski definition) is 0. The third kappa shape index (κ3) is 1.33. The predicted octanol–water partition coefficient (Wildman–Crippen LogP) is 1.14. The van der Waals surface area contributed by atoms with Crippen LogP contribution in [0.3, 0.4) is 0 Å². The highest BCUT2D eigenvalue weighted by Gasteiger charge is 2.30. The van der Waals surface area contributed by atoms with Crippen molar-refractivity contribution in [2.24, 2.45) is 0 Å². The highest BCUT2D eigenvalue weighted by atomic mass is 16.7. The largest absolute Gasteiger partial charge is 0.492 e. The van der Waals surface area contributed by atoms with Gasteiger partial charge in [0.25, 0.3) is 5.69 Å². The molecule has 1 aromatic rings. The van der Waals surface area contributed by atoms with Gasteiger partial charge >= 0.3 is 0 Å². The lowest BCUT2D eigenvalue weighted by Gasteiger charge is -2.07. The van der Waals surface area contributed by atoms with Gasteiger partial charge in [0.2, 0.25) is 12.5 Å². The standard InChI is InChI=1S/C9H7NO6/c1-14-8-5(3-11)6(10(12)13)2-7-9(8)16-4-15-7/h2-3H,4H2,1H3. The van der Waals surface area contributed by atoms with Crippen molar-refractivity contribution in [2.75, 3.05) is 13.9 Å². The minimum atomic E-state index is -0.672. The van der Waals surface area contributed by atoms with Gasteiger partial charge in [-0.25, -0.2) is 0 Å². The molecule has 0 aliphatic carbocycles. The molecule has 16 heavy (non-hydrogen) atoms. The summed E-state index contributed by atoms with van der Waals surface area (Å²) in [6.45, 7) is -0.0504. The maximum absolute atomic E-state index is 10.8. The number of ether oxygens (including phenoxy) is 3. The summed E-state index contributed by atoms with van der Waals surface area (Å²) in [4.78, 5) is 20.9. The fraction of sp³-hybridized carbons (Fsp3) is 0.222. The van der Waals surface area contributed by atoms with Gasteiger partial charge in [-0.1, -0.05) is 0 Å². The third-order valence-electron chi connectivity index (χ3n) is 2.15. The van der Waals surface area contributed by atoms with E-state index in [0.29, 0.717) is 6.29 Å². The lowest BCUT2D eigenvalue weighted by atomic mass is 10.1. The van der Waals surface area contributed by atoms with Crippen molar-refractivity contribution in [2.45, 2.75) is 0 Å². The molecule has 0 N–H and O–H groups in total. The van der Waals surface area contributed by atoms with Crippen LogP contribution in [0.5, 0.6) is 17.2 Å². The van der Waals surface area contributed by atoms with E-state index < -0.39 is 4.92 Å². The maximum Gasteiger partial charge on any atom is 0.287 e. The summed E-state index contributed by atoms with van der Waals surface area (Å²) in [6, 6.07) is 1.15. The molecule has 1 aliphatic heterocycles. The van der Waals surface area contributed by atoms with E-state index in [9.17, 15) is 14.9 Å². The van der Waals surface area contributed by atoms with Crippen LogP contribution >= 0.6 is 0 Å². The Labute approximate surface area is 89.7 Å². The Bertz CT molecular complexity index is 470. The molecule has 0 saturated heterocycles. The Hall–Kier alpha value is -2.31. The van der Waals surface area contributed by atoms with E-state index in [1.165, 1.54) is 7.11 Å². The average molecular weight is 225 g/mol. The van der Waals surface area contributed by atoms with Crippen LogP contribution in [-0.4, -0.2) is 25.1 Å². The molecule has 84 valence electrons. The second-order valence-electron chi connectivity index (χ2n) is 2.95. The lowest BCUT2D eigenvalue weighted by Crippen LogP contribution is -1.99. The van der Waals surface area contributed by atoms with E-state index >= 15 is 0 Å².